The number of hydrogen-bond acceptors (Lipinski definition) is 4. The number of amides is 1. The summed E-state index contributed by atoms with van der Waals surface area (Å²) in [5.74, 6) is 1.19. The van der Waals surface area contributed by atoms with Gasteiger partial charge in [-0.3, -0.25) is 4.79 Å². The normalized spacial score (nSPS) is 24.4. The largest absolute Gasteiger partial charge is 0.495 e. The van der Waals surface area contributed by atoms with Gasteiger partial charge in [0.1, 0.15) is 10.6 Å². The van der Waals surface area contributed by atoms with Crippen LogP contribution in [-0.4, -0.2) is 38.8 Å². The molecule has 25 heavy (non-hydrogen) atoms. The Kier molecular flexibility index (Phi) is 5.34. The molecule has 0 bridgehead atoms. The van der Waals surface area contributed by atoms with Crippen molar-refractivity contribution < 1.29 is 17.9 Å². The molecular formula is C18H26N2O4S. The van der Waals surface area contributed by atoms with Crippen molar-refractivity contribution in [1.29, 1.82) is 0 Å². The van der Waals surface area contributed by atoms with E-state index >= 15 is 0 Å². The Morgan fingerprint density at radius 3 is 2.60 bits per heavy atom. The summed E-state index contributed by atoms with van der Waals surface area (Å²) >= 11 is 0. The van der Waals surface area contributed by atoms with E-state index in [1.54, 1.807) is 16.4 Å². The second-order valence-electron chi connectivity index (χ2n) is 7.00. The predicted molar refractivity (Wildman–Crippen MR) is 96.1 cm³/mol. The van der Waals surface area contributed by atoms with E-state index in [9.17, 15) is 13.2 Å². The number of nitrogens with one attached hydrogen (secondary N) is 1. The Bertz CT molecular complexity index is 747. The van der Waals surface area contributed by atoms with Crippen molar-refractivity contribution in [2.24, 2.45) is 11.8 Å². The monoisotopic (exact) mass is 366 g/mol. The van der Waals surface area contributed by atoms with Gasteiger partial charge in [0.25, 0.3) is 0 Å². The molecule has 0 unspecified atom stereocenters. The van der Waals surface area contributed by atoms with Crippen molar-refractivity contribution in [2.45, 2.75) is 43.9 Å². The zero-order valence-corrected chi connectivity index (χ0v) is 15.6. The van der Waals surface area contributed by atoms with E-state index in [4.69, 9.17) is 4.74 Å². The zero-order valence-electron chi connectivity index (χ0n) is 14.8. The number of rotatable bonds is 4. The molecule has 1 aliphatic heterocycles. The number of piperidine rings is 1. The fraction of sp³-hybridized carbons (Fsp3) is 0.611. The first kappa shape index (κ1) is 18.2. The molecule has 0 radical (unpaired) electrons. The van der Waals surface area contributed by atoms with Crippen molar-refractivity contribution in [3.8, 4) is 5.75 Å². The van der Waals surface area contributed by atoms with Gasteiger partial charge in [0, 0.05) is 25.7 Å². The summed E-state index contributed by atoms with van der Waals surface area (Å²) in [6, 6.07) is 4.72. The highest BCUT2D eigenvalue weighted by Crippen LogP contribution is 2.39. The lowest BCUT2D eigenvalue weighted by Gasteiger charge is -2.40. The molecule has 1 saturated carbocycles. The number of nitrogens with zero attached hydrogens (tertiary/aromatic N) is 1. The molecule has 1 amide bonds. The van der Waals surface area contributed by atoms with Crippen LogP contribution in [0, 0.1) is 11.8 Å². The van der Waals surface area contributed by atoms with E-state index < -0.39 is 10.0 Å². The third-order valence-corrected chi connectivity index (χ3v) is 7.24. The second-order valence-corrected chi connectivity index (χ2v) is 8.91. The van der Waals surface area contributed by atoms with Crippen LogP contribution in [0.25, 0.3) is 0 Å². The molecule has 1 aromatic carbocycles. The molecule has 6 nitrogen and oxygen atoms in total. The van der Waals surface area contributed by atoms with Gasteiger partial charge in [-0.15, -0.1) is 0 Å². The van der Waals surface area contributed by atoms with Crippen LogP contribution in [0.4, 0.5) is 5.69 Å². The summed E-state index contributed by atoms with van der Waals surface area (Å²) in [5.41, 5.74) is 0.458. The Morgan fingerprint density at radius 2 is 1.92 bits per heavy atom. The summed E-state index contributed by atoms with van der Waals surface area (Å²) in [5, 5.41) is 2.64. The number of sulfonamides is 1. The highest BCUT2D eigenvalue weighted by Gasteiger charge is 2.37. The quantitative estimate of drug-likeness (QED) is 0.889. The van der Waals surface area contributed by atoms with E-state index in [-0.39, 0.29) is 10.8 Å². The molecule has 0 spiro atoms. The van der Waals surface area contributed by atoms with Gasteiger partial charge in [-0.2, -0.15) is 4.31 Å². The summed E-state index contributed by atoms with van der Waals surface area (Å²) in [6.45, 7) is 2.53. The van der Waals surface area contributed by atoms with Gasteiger partial charge in [0.05, 0.1) is 7.11 Å². The Hall–Kier alpha value is -1.60. The maximum Gasteiger partial charge on any atom is 0.246 e. The third-order valence-electron chi connectivity index (χ3n) is 5.36. The fourth-order valence-electron chi connectivity index (χ4n) is 4.08. The van der Waals surface area contributed by atoms with E-state index in [1.807, 2.05) is 0 Å². The van der Waals surface area contributed by atoms with Crippen LogP contribution in [0.15, 0.2) is 23.1 Å². The maximum atomic E-state index is 13.2. The van der Waals surface area contributed by atoms with Gasteiger partial charge in [-0.1, -0.05) is 19.3 Å². The molecule has 1 N–H and O–H groups in total. The molecule has 2 atom stereocenters. The standard InChI is InChI=1S/C18H26N2O4S/c1-13(21)19-16-7-8-17(24-2)18(11-16)25(22,23)20-10-9-14-5-3-4-6-15(14)12-20/h7-8,11,14-15H,3-6,9-10,12H2,1-2H3,(H,19,21)/t14-,15-/m0/s1. The minimum Gasteiger partial charge on any atom is -0.495 e. The summed E-state index contributed by atoms with van der Waals surface area (Å²) < 4.78 is 33.3. The Morgan fingerprint density at radius 1 is 1.20 bits per heavy atom. The molecule has 0 aromatic heterocycles. The molecule has 7 heteroatoms. The SMILES string of the molecule is COc1ccc(NC(C)=O)cc1S(=O)(=O)N1CC[C@@H]2CCCC[C@H]2C1. The topological polar surface area (TPSA) is 75.7 Å². The third kappa shape index (κ3) is 3.82. The van der Waals surface area contributed by atoms with Crippen LogP contribution in [0.2, 0.25) is 0 Å². The number of fused-ring (bicyclic) bond motifs is 1. The number of methoxy groups -OCH3 is 1. The van der Waals surface area contributed by atoms with Crippen molar-refractivity contribution in [2.75, 3.05) is 25.5 Å². The van der Waals surface area contributed by atoms with Crippen LogP contribution in [0.3, 0.4) is 0 Å². The number of benzene rings is 1. The van der Waals surface area contributed by atoms with Crippen molar-refractivity contribution in [1.82, 2.24) is 4.31 Å². The van der Waals surface area contributed by atoms with Crippen LogP contribution < -0.4 is 10.1 Å². The Balaban J connectivity index is 1.89. The predicted octanol–water partition coefficient (Wildman–Crippen LogP) is 2.85. The van der Waals surface area contributed by atoms with Crippen molar-refractivity contribution in [3.05, 3.63) is 18.2 Å². The smallest absolute Gasteiger partial charge is 0.246 e. The molecule has 1 aliphatic carbocycles. The van der Waals surface area contributed by atoms with Gasteiger partial charge < -0.3 is 10.1 Å². The molecule has 2 fully saturated rings. The van der Waals surface area contributed by atoms with Crippen LogP contribution >= 0.6 is 0 Å². The van der Waals surface area contributed by atoms with Gasteiger partial charge >= 0.3 is 0 Å². The molecular weight excluding hydrogens is 340 g/mol. The molecule has 138 valence electrons. The van der Waals surface area contributed by atoms with Crippen molar-refractivity contribution in [3.63, 3.8) is 0 Å². The van der Waals surface area contributed by atoms with Crippen LogP contribution in [0.5, 0.6) is 5.75 Å². The average molecular weight is 366 g/mol. The molecule has 1 aromatic rings. The number of carbonyl (C=O) groups excluding carboxylic acids is 1. The van der Waals surface area contributed by atoms with Crippen LogP contribution in [-0.2, 0) is 14.8 Å². The van der Waals surface area contributed by atoms with E-state index in [0.717, 1.165) is 12.8 Å². The lowest BCUT2D eigenvalue weighted by atomic mass is 9.76. The number of anilines is 1. The molecule has 1 saturated heterocycles. The molecule has 2 aliphatic rings. The van der Waals surface area contributed by atoms with E-state index in [2.05, 4.69) is 5.32 Å². The zero-order chi connectivity index (χ0) is 18.0. The summed E-state index contributed by atoms with van der Waals surface area (Å²) in [4.78, 5) is 11.4. The fourth-order valence-corrected chi connectivity index (χ4v) is 5.78. The van der Waals surface area contributed by atoms with Crippen molar-refractivity contribution >= 4 is 21.6 Å². The summed E-state index contributed by atoms with van der Waals surface area (Å²) in [6.07, 6.45) is 5.72. The summed E-state index contributed by atoms with van der Waals surface area (Å²) in [7, 11) is -2.20. The minimum absolute atomic E-state index is 0.121. The van der Waals surface area contributed by atoms with Gasteiger partial charge in [0.15, 0.2) is 0 Å². The first-order valence-corrected chi connectivity index (χ1v) is 10.3. The highest BCUT2D eigenvalue weighted by molar-refractivity contribution is 7.89. The molecule has 1 heterocycles. The Labute approximate surface area is 149 Å². The van der Waals surface area contributed by atoms with Crippen LogP contribution in [0.1, 0.15) is 39.0 Å². The molecule has 3 rings (SSSR count). The number of hydrogen-bond donors (Lipinski definition) is 1. The van der Waals surface area contributed by atoms with Gasteiger partial charge in [-0.25, -0.2) is 8.42 Å². The lowest BCUT2D eigenvalue weighted by molar-refractivity contribution is -0.114. The first-order chi connectivity index (χ1) is 11.9. The number of carbonyl (C=O) groups is 1. The first-order valence-electron chi connectivity index (χ1n) is 8.87. The van der Waals surface area contributed by atoms with Gasteiger partial charge in [0.2, 0.25) is 15.9 Å². The average Bonchev–Trinajstić information content (AvgIpc) is 2.60. The minimum atomic E-state index is -3.66. The van der Waals surface area contributed by atoms with E-state index in [1.165, 1.54) is 39.4 Å². The number of ether oxygens (including phenoxy) is 1. The lowest BCUT2D eigenvalue weighted by Crippen LogP contribution is -2.44. The van der Waals surface area contributed by atoms with Gasteiger partial charge in [-0.05, 0) is 42.9 Å². The maximum absolute atomic E-state index is 13.2. The highest BCUT2D eigenvalue weighted by atomic mass is 32.2. The van der Waals surface area contributed by atoms with E-state index in [0.29, 0.717) is 36.4 Å². The second kappa shape index (κ2) is 7.33.